The van der Waals surface area contributed by atoms with E-state index in [4.69, 9.17) is 27.9 Å². The monoisotopic (exact) mass is 488 g/mol. The normalized spacial score (nSPS) is 14.2. The van der Waals surface area contributed by atoms with Gasteiger partial charge in [-0.2, -0.15) is 0 Å². The zero-order chi connectivity index (χ0) is 23.4. The van der Waals surface area contributed by atoms with Crippen LogP contribution in [0.4, 0.5) is 0 Å². The molecule has 1 aromatic heterocycles. The lowest BCUT2D eigenvalue weighted by Crippen LogP contribution is -2.45. The Morgan fingerprint density at radius 3 is 2.48 bits per heavy atom. The maximum atomic E-state index is 13.1. The minimum absolute atomic E-state index is 0.0947. The average molecular weight is 489 g/mol. The molecule has 3 aromatic rings. The van der Waals surface area contributed by atoms with E-state index in [9.17, 15) is 14.7 Å². The molecule has 1 aliphatic rings. The Morgan fingerprint density at radius 2 is 1.85 bits per heavy atom. The minimum atomic E-state index is -0.437. The van der Waals surface area contributed by atoms with Gasteiger partial charge in [-0.05, 0) is 55.3 Å². The highest BCUT2D eigenvalue weighted by molar-refractivity contribution is 6.36. The number of nitrogens with zero attached hydrogens (tertiary/aromatic N) is 3. The van der Waals surface area contributed by atoms with Gasteiger partial charge in [0.15, 0.2) is 5.69 Å². The van der Waals surface area contributed by atoms with Crippen LogP contribution in [0.1, 0.15) is 35.4 Å². The van der Waals surface area contributed by atoms with Crippen molar-refractivity contribution in [1.82, 2.24) is 20.0 Å². The first-order valence-corrected chi connectivity index (χ1v) is 11.2. The van der Waals surface area contributed by atoms with Crippen LogP contribution >= 0.6 is 23.2 Å². The van der Waals surface area contributed by atoms with Gasteiger partial charge in [0.05, 0.1) is 17.3 Å². The van der Waals surface area contributed by atoms with Crippen LogP contribution in [-0.4, -0.2) is 45.1 Å². The highest BCUT2D eigenvalue weighted by Gasteiger charge is 2.26. The van der Waals surface area contributed by atoms with Crippen molar-refractivity contribution in [3.05, 3.63) is 63.9 Å². The van der Waals surface area contributed by atoms with E-state index in [0.29, 0.717) is 45.0 Å². The summed E-state index contributed by atoms with van der Waals surface area (Å²) in [6.45, 7) is 1.42. The number of carbonyl (C=O) groups excluding carboxylic acids is 2. The fourth-order valence-corrected chi connectivity index (χ4v) is 4.34. The largest absolute Gasteiger partial charge is 0.429 e. The fraction of sp³-hybridized carbons (Fsp3) is 0.261. The maximum Gasteiger partial charge on any atom is 0.298 e. The lowest BCUT2D eigenvalue weighted by atomic mass is 10.2. The summed E-state index contributed by atoms with van der Waals surface area (Å²) in [4.78, 5) is 28.4. The summed E-state index contributed by atoms with van der Waals surface area (Å²) in [7, 11) is 0. The molecular weight excluding hydrogens is 467 g/mol. The zero-order valence-corrected chi connectivity index (χ0v) is 19.1. The quantitative estimate of drug-likeness (QED) is 0.487. The molecule has 172 valence electrons. The topological polar surface area (TPSA) is 96.7 Å². The summed E-state index contributed by atoms with van der Waals surface area (Å²) < 4.78 is 6.53. The van der Waals surface area contributed by atoms with Crippen LogP contribution in [0.3, 0.4) is 0 Å². The predicted molar refractivity (Wildman–Crippen MR) is 125 cm³/mol. The van der Waals surface area contributed by atoms with Crippen LogP contribution in [-0.2, 0) is 11.4 Å². The van der Waals surface area contributed by atoms with Gasteiger partial charge in [0, 0.05) is 29.4 Å². The molecule has 2 N–H and O–H groups in total. The van der Waals surface area contributed by atoms with Crippen LogP contribution in [0.2, 0.25) is 10.0 Å². The van der Waals surface area contributed by atoms with Gasteiger partial charge >= 0.3 is 0 Å². The van der Waals surface area contributed by atoms with Gasteiger partial charge in [-0.25, -0.2) is 9.99 Å². The molecule has 0 saturated carbocycles. The second kappa shape index (κ2) is 10.4. The first kappa shape index (κ1) is 23.3. The number of piperidine rings is 1. The summed E-state index contributed by atoms with van der Waals surface area (Å²) >= 11 is 12.5. The third-order valence-corrected chi connectivity index (χ3v) is 5.95. The van der Waals surface area contributed by atoms with Crippen LogP contribution < -0.4 is 10.2 Å². The van der Waals surface area contributed by atoms with E-state index >= 15 is 0 Å². The third kappa shape index (κ3) is 5.04. The lowest BCUT2D eigenvalue weighted by Gasteiger charge is -2.26. The molecule has 1 fully saturated rings. The highest BCUT2D eigenvalue weighted by atomic mass is 35.5. The Bertz CT molecular complexity index is 1160. The van der Waals surface area contributed by atoms with Crippen molar-refractivity contribution in [2.75, 3.05) is 13.1 Å². The molecule has 0 radical (unpaired) electrons. The summed E-state index contributed by atoms with van der Waals surface area (Å²) in [6.07, 6.45) is 3.14. The van der Waals surface area contributed by atoms with Crippen molar-refractivity contribution < 1.29 is 19.4 Å². The first-order valence-electron chi connectivity index (χ1n) is 10.5. The van der Waals surface area contributed by atoms with Gasteiger partial charge < -0.3 is 9.84 Å². The molecule has 0 atom stereocenters. The molecule has 0 unspecified atom stereocenters. The highest BCUT2D eigenvalue weighted by Crippen LogP contribution is 2.34. The van der Waals surface area contributed by atoms with Gasteiger partial charge in [-0.3, -0.25) is 19.6 Å². The van der Waals surface area contributed by atoms with Crippen LogP contribution in [0.5, 0.6) is 5.75 Å². The molecule has 0 bridgehead atoms. The minimum Gasteiger partial charge on any atom is -0.429 e. The van der Waals surface area contributed by atoms with Gasteiger partial charge in [0.2, 0.25) is 0 Å². The van der Waals surface area contributed by atoms with E-state index in [2.05, 4.69) is 10.4 Å². The molecule has 0 spiro atoms. The molecule has 1 saturated heterocycles. The summed E-state index contributed by atoms with van der Waals surface area (Å²) in [6, 6.07) is 11.6. The number of imidazole rings is 1. The smallest absolute Gasteiger partial charge is 0.298 e. The molecule has 1 aliphatic heterocycles. The van der Waals surface area contributed by atoms with Gasteiger partial charge in [-0.1, -0.05) is 29.6 Å². The average Bonchev–Trinajstić information content (AvgIpc) is 3.20. The molecular formula is C23H22Cl2N4O4. The molecule has 1 amide bonds. The van der Waals surface area contributed by atoms with Crippen molar-refractivity contribution in [3.63, 3.8) is 0 Å². The van der Waals surface area contributed by atoms with Gasteiger partial charge in [-0.15, -0.1) is 0 Å². The molecule has 2 aromatic carbocycles. The number of benzene rings is 2. The first-order chi connectivity index (χ1) is 16.0. The van der Waals surface area contributed by atoms with Crippen LogP contribution in [0, 0.1) is 0 Å². The number of hydrogen-bond donors (Lipinski definition) is 2. The number of hydrazine groups is 1. The SMILES string of the molecule is O=COc1ccc(-n2c(-c3ccc(Cl)cc3Cl)nc(C(=O)NN3CCCCC3)c2CO)cc1. The number of carbonyl (C=O) groups is 2. The van der Waals surface area contributed by atoms with E-state index in [0.717, 1.165) is 32.4 Å². The number of aliphatic hydroxyl groups excluding tert-OH is 1. The number of aromatic nitrogens is 2. The fourth-order valence-electron chi connectivity index (χ4n) is 3.84. The predicted octanol–water partition coefficient (Wildman–Crippen LogP) is 4.00. The molecule has 10 heteroatoms. The lowest BCUT2D eigenvalue weighted by molar-refractivity contribution is -0.120. The Morgan fingerprint density at radius 1 is 1.12 bits per heavy atom. The van der Waals surface area contributed by atoms with E-state index in [1.54, 1.807) is 47.0 Å². The van der Waals surface area contributed by atoms with Crippen molar-refractivity contribution in [2.24, 2.45) is 0 Å². The number of ether oxygens (including phenoxy) is 1. The van der Waals surface area contributed by atoms with E-state index < -0.39 is 12.5 Å². The molecule has 0 aliphatic carbocycles. The van der Waals surface area contributed by atoms with E-state index in [1.807, 2.05) is 5.01 Å². The summed E-state index contributed by atoms with van der Waals surface area (Å²) in [5.74, 6) is 0.314. The van der Waals surface area contributed by atoms with E-state index in [1.165, 1.54) is 0 Å². The summed E-state index contributed by atoms with van der Waals surface area (Å²) in [5.41, 5.74) is 4.44. The van der Waals surface area contributed by atoms with Crippen molar-refractivity contribution in [2.45, 2.75) is 25.9 Å². The molecule has 2 heterocycles. The Labute approximate surface area is 200 Å². The van der Waals surface area contributed by atoms with Gasteiger partial charge in [0.25, 0.3) is 12.4 Å². The van der Waals surface area contributed by atoms with Crippen molar-refractivity contribution in [1.29, 1.82) is 0 Å². The van der Waals surface area contributed by atoms with Crippen LogP contribution in [0.25, 0.3) is 17.1 Å². The standard InChI is InChI=1S/C23H22Cl2N4O4/c24-15-4-9-18(19(25)12-15)22-26-21(23(32)27-28-10-2-1-3-11-28)20(13-30)29(22)16-5-7-17(8-6-16)33-14-31/h4-9,12,14,30H,1-3,10-11,13H2,(H,27,32). The van der Waals surface area contributed by atoms with Crippen molar-refractivity contribution in [3.8, 4) is 22.8 Å². The zero-order valence-electron chi connectivity index (χ0n) is 17.6. The second-order valence-electron chi connectivity index (χ2n) is 7.55. The number of nitrogens with one attached hydrogen (secondary N) is 1. The Hall–Kier alpha value is -2.91. The number of amides is 1. The number of aliphatic hydroxyl groups is 1. The van der Waals surface area contributed by atoms with Crippen molar-refractivity contribution >= 4 is 35.6 Å². The molecule has 33 heavy (non-hydrogen) atoms. The molecule has 4 rings (SSSR count). The number of halogens is 2. The van der Waals surface area contributed by atoms with Gasteiger partial charge in [0.1, 0.15) is 11.6 Å². The van der Waals surface area contributed by atoms with Crippen LogP contribution in [0.15, 0.2) is 42.5 Å². The Kier molecular flexibility index (Phi) is 7.29. The second-order valence-corrected chi connectivity index (χ2v) is 8.39. The Balaban J connectivity index is 1.82. The third-order valence-electron chi connectivity index (χ3n) is 5.40. The van der Waals surface area contributed by atoms with E-state index in [-0.39, 0.29) is 5.69 Å². The summed E-state index contributed by atoms with van der Waals surface area (Å²) in [5, 5.41) is 12.9. The molecule has 8 nitrogen and oxygen atoms in total. The number of rotatable bonds is 7. The number of hydrogen-bond acceptors (Lipinski definition) is 6. The maximum absolute atomic E-state index is 13.1.